The molecule has 0 rings (SSSR count). The molecule has 0 radical (unpaired) electrons. The number of rotatable bonds is 5. The van der Waals surface area contributed by atoms with Crippen molar-refractivity contribution < 1.29 is 25.8 Å². The maximum Gasteiger partial charge on any atom is 0 e. The van der Waals surface area contributed by atoms with Crippen LogP contribution < -0.4 is 0 Å². The van der Waals surface area contributed by atoms with Crippen LogP contribution in [0.15, 0.2) is 0 Å². The fourth-order valence-electron chi connectivity index (χ4n) is 0.780. The SMILES string of the molecule is [CH2-]CCCCCCC.[Hf]. The van der Waals surface area contributed by atoms with E-state index >= 15 is 0 Å². The Bertz CT molecular complexity index is 29.5. The van der Waals surface area contributed by atoms with Crippen molar-refractivity contribution in [1.82, 2.24) is 0 Å². The summed E-state index contributed by atoms with van der Waals surface area (Å²) in [5.41, 5.74) is 0. The molecule has 0 atom stereocenters. The van der Waals surface area contributed by atoms with Gasteiger partial charge in [0.15, 0.2) is 0 Å². The second-order valence-corrected chi connectivity index (χ2v) is 2.27. The molecule has 0 nitrogen and oxygen atoms in total. The molecule has 0 aromatic rings. The Hall–Kier alpha value is 0.870. The molecule has 54 valence electrons. The number of hydrogen-bond donors (Lipinski definition) is 0. The summed E-state index contributed by atoms with van der Waals surface area (Å²) in [5.74, 6) is 0. The van der Waals surface area contributed by atoms with E-state index < -0.39 is 0 Å². The molecule has 9 heavy (non-hydrogen) atoms. The normalized spacial score (nSPS) is 8.67. The Morgan fingerprint density at radius 1 is 1.00 bits per heavy atom. The summed E-state index contributed by atoms with van der Waals surface area (Å²) in [7, 11) is 0. The Balaban J connectivity index is 0. The van der Waals surface area contributed by atoms with Gasteiger partial charge in [-0.05, 0) is 0 Å². The maximum absolute atomic E-state index is 3.78. The van der Waals surface area contributed by atoms with Crippen LogP contribution in [0.4, 0.5) is 0 Å². The molecule has 1 heteroatoms. The third kappa shape index (κ3) is 12.1. The summed E-state index contributed by atoms with van der Waals surface area (Å²) in [6.07, 6.45) is 7.98. The van der Waals surface area contributed by atoms with Gasteiger partial charge in [0, 0.05) is 25.8 Å². The molecule has 0 N–H and O–H groups in total. The summed E-state index contributed by atoms with van der Waals surface area (Å²) in [6, 6.07) is 0. The van der Waals surface area contributed by atoms with Crippen LogP contribution in [0.3, 0.4) is 0 Å². The predicted molar refractivity (Wildman–Crippen MR) is 38.7 cm³/mol. The Kier molecular flexibility index (Phi) is 16.2. The standard InChI is InChI=1S/C8H17.Hf/c1-3-5-7-8-6-4-2;/h1,3-8H2,2H3;/q-1;. The topological polar surface area (TPSA) is 0 Å². The molecule has 0 saturated heterocycles. The zero-order valence-corrected chi connectivity index (χ0v) is 10.0. The summed E-state index contributed by atoms with van der Waals surface area (Å²) >= 11 is 0. The summed E-state index contributed by atoms with van der Waals surface area (Å²) in [6.45, 7) is 6.02. The first-order chi connectivity index (χ1) is 3.91. The molecule has 0 aromatic carbocycles. The van der Waals surface area contributed by atoms with Crippen LogP contribution in [0.25, 0.3) is 0 Å². The fraction of sp³-hybridized carbons (Fsp3) is 0.875. The van der Waals surface area contributed by atoms with Crippen LogP contribution in [0.1, 0.15) is 45.4 Å². The first-order valence-electron chi connectivity index (χ1n) is 3.71. The van der Waals surface area contributed by atoms with E-state index in [2.05, 4.69) is 13.8 Å². The van der Waals surface area contributed by atoms with Gasteiger partial charge in [0.2, 0.25) is 0 Å². The molecule has 0 fully saturated rings. The second-order valence-electron chi connectivity index (χ2n) is 2.27. The maximum atomic E-state index is 3.78. The van der Waals surface area contributed by atoms with Crippen molar-refractivity contribution in [2.24, 2.45) is 0 Å². The van der Waals surface area contributed by atoms with E-state index in [9.17, 15) is 0 Å². The summed E-state index contributed by atoms with van der Waals surface area (Å²) < 4.78 is 0. The summed E-state index contributed by atoms with van der Waals surface area (Å²) in [4.78, 5) is 0. The summed E-state index contributed by atoms with van der Waals surface area (Å²) in [5, 5.41) is 0. The first-order valence-corrected chi connectivity index (χ1v) is 3.71. The van der Waals surface area contributed by atoms with Gasteiger partial charge in [0.05, 0.1) is 0 Å². The van der Waals surface area contributed by atoms with Crippen LogP contribution >= 0.6 is 0 Å². The first kappa shape index (κ1) is 12.5. The zero-order chi connectivity index (χ0) is 6.24. The average molecular weight is 292 g/mol. The van der Waals surface area contributed by atoms with Crippen LogP contribution in [-0.2, 0) is 25.8 Å². The van der Waals surface area contributed by atoms with Crippen molar-refractivity contribution >= 4 is 0 Å². The Morgan fingerprint density at radius 3 is 2.00 bits per heavy atom. The molecule has 0 saturated carbocycles. The molecular formula is C8H17Hf-. The van der Waals surface area contributed by atoms with Crippen LogP contribution in [0.5, 0.6) is 0 Å². The smallest absolute Gasteiger partial charge is 0 e. The van der Waals surface area contributed by atoms with Crippen molar-refractivity contribution in [3.05, 3.63) is 6.92 Å². The molecule has 0 aromatic heterocycles. The van der Waals surface area contributed by atoms with E-state index in [1.165, 1.54) is 32.1 Å². The minimum Gasteiger partial charge on any atom is -0.343 e. The monoisotopic (exact) mass is 293 g/mol. The number of hydrogen-bond acceptors (Lipinski definition) is 0. The average Bonchev–Trinajstić information content (AvgIpc) is 1.81. The van der Waals surface area contributed by atoms with E-state index in [0.717, 1.165) is 6.42 Å². The van der Waals surface area contributed by atoms with E-state index in [0.29, 0.717) is 0 Å². The van der Waals surface area contributed by atoms with Crippen molar-refractivity contribution in [1.29, 1.82) is 0 Å². The Morgan fingerprint density at radius 2 is 1.56 bits per heavy atom. The molecule has 0 bridgehead atoms. The quantitative estimate of drug-likeness (QED) is 0.415. The van der Waals surface area contributed by atoms with E-state index in [1.54, 1.807) is 0 Å². The molecule has 0 spiro atoms. The van der Waals surface area contributed by atoms with E-state index in [4.69, 9.17) is 0 Å². The van der Waals surface area contributed by atoms with Crippen LogP contribution in [0, 0.1) is 6.92 Å². The largest absolute Gasteiger partial charge is 0.343 e. The number of unbranched alkanes of at least 4 members (excludes halogenated alkanes) is 5. The van der Waals surface area contributed by atoms with E-state index in [1.807, 2.05) is 0 Å². The van der Waals surface area contributed by atoms with Crippen molar-refractivity contribution in [3.63, 3.8) is 0 Å². The minimum atomic E-state index is 0. The van der Waals surface area contributed by atoms with Crippen LogP contribution in [-0.4, -0.2) is 0 Å². The molecule has 0 aliphatic carbocycles. The molecule has 0 aliphatic heterocycles. The van der Waals surface area contributed by atoms with Gasteiger partial charge in [-0.3, -0.25) is 0 Å². The molecule has 0 heterocycles. The molecule has 0 amide bonds. The fourth-order valence-corrected chi connectivity index (χ4v) is 0.780. The third-order valence-corrected chi connectivity index (χ3v) is 1.35. The van der Waals surface area contributed by atoms with E-state index in [-0.39, 0.29) is 25.8 Å². The van der Waals surface area contributed by atoms with Crippen LogP contribution in [0.2, 0.25) is 0 Å². The van der Waals surface area contributed by atoms with Gasteiger partial charge in [0.1, 0.15) is 0 Å². The van der Waals surface area contributed by atoms with Gasteiger partial charge in [-0.15, -0.1) is 0 Å². The Labute approximate surface area is 78.2 Å². The van der Waals surface area contributed by atoms with Crippen molar-refractivity contribution in [2.45, 2.75) is 45.4 Å². The predicted octanol–water partition coefficient (Wildman–Crippen LogP) is 3.18. The van der Waals surface area contributed by atoms with Gasteiger partial charge in [-0.1, -0.05) is 39.0 Å². The van der Waals surface area contributed by atoms with Crippen molar-refractivity contribution in [3.8, 4) is 0 Å². The molecule has 0 unspecified atom stereocenters. The minimum absolute atomic E-state index is 0. The molecule has 0 aliphatic rings. The van der Waals surface area contributed by atoms with Gasteiger partial charge in [-0.25, -0.2) is 0 Å². The van der Waals surface area contributed by atoms with Gasteiger partial charge >= 0.3 is 0 Å². The van der Waals surface area contributed by atoms with Gasteiger partial charge in [-0.2, -0.15) is 6.42 Å². The van der Waals surface area contributed by atoms with Gasteiger partial charge < -0.3 is 6.92 Å². The second kappa shape index (κ2) is 11.6. The van der Waals surface area contributed by atoms with Crippen molar-refractivity contribution in [2.75, 3.05) is 0 Å². The third-order valence-electron chi connectivity index (χ3n) is 1.35. The van der Waals surface area contributed by atoms with Gasteiger partial charge in [0.25, 0.3) is 0 Å². The molecular weight excluding hydrogens is 275 g/mol. The zero-order valence-electron chi connectivity index (χ0n) is 6.45.